The van der Waals surface area contributed by atoms with E-state index in [1.807, 2.05) is 59.5 Å². The lowest BCUT2D eigenvalue weighted by Gasteiger charge is -2.39. The lowest BCUT2D eigenvalue weighted by Crippen LogP contribution is -2.49. The van der Waals surface area contributed by atoms with Gasteiger partial charge >= 0.3 is 0 Å². The average Bonchev–Trinajstić information content (AvgIpc) is 2.81. The molecule has 1 saturated heterocycles. The van der Waals surface area contributed by atoms with Gasteiger partial charge in [0.2, 0.25) is 5.91 Å². The zero-order valence-electron chi connectivity index (χ0n) is 16.8. The molecule has 1 unspecified atom stereocenters. The van der Waals surface area contributed by atoms with Crippen LogP contribution in [-0.2, 0) is 4.79 Å². The summed E-state index contributed by atoms with van der Waals surface area (Å²) in [4.78, 5) is 17.0. The number of carbonyl (C=O) groups excluding carboxylic acids is 1. The molecule has 30 heavy (non-hydrogen) atoms. The fourth-order valence-electron chi connectivity index (χ4n) is 3.93. The van der Waals surface area contributed by atoms with Gasteiger partial charge in [0.05, 0.1) is 6.04 Å². The Morgan fingerprint density at radius 3 is 1.97 bits per heavy atom. The molecule has 4 heteroatoms. The minimum atomic E-state index is 0.0706. The van der Waals surface area contributed by atoms with Gasteiger partial charge in [-0.25, -0.2) is 0 Å². The highest BCUT2D eigenvalue weighted by molar-refractivity contribution is 6.30. The van der Waals surface area contributed by atoms with Crippen molar-refractivity contribution in [1.29, 1.82) is 0 Å². The van der Waals surface area contributed by atoms with Crippen LogP contribution in [0.4, 0.5) is 0 Å². The number of nitrogens with zero attached hydrogens (tertiary/aromatic N) is 2. The van der Waals surface area contributed by atoms with Crippen LogP contribution in [0.3, 0.4) is 0 Å². The molecule has 1 aliphatic heterocycles. The molecular weight excluding hydrogens is 392 g/mol. The molecule has 0 spiro atoms. The zero-order valence-corrected chi connectivity index (χ0v) is 17.6. The molecule has 0 N–H and O–H groups in total. The molecular formula is C26H25ClN2O. The SMILES string of the molecule is O=C(/C=C/c1ccccc1)N1CCN(C(c2ccccc2)c2ccc(Cl)cc2)CC1. The topological polar surface area (TPSA) is 23.6 Å². The van der Waals surface area contributed by atoms with Crippen LogP contribution >= 0.6 is 11.6 Å². The van der Waals surface area contributed by atoms with Crippen LogP contribution in [0, 0.1) is 0 Å². The molecule has 152 valence electrons. The number of amides is 1. The maximum atomic E-state index is 12.6. The maximum Gasteiger partial charge on any atom is 0.246 e. The molecule has 1 atom stereocenters. The Hall–Kier alpha value is -2.88. The summed E-state index contributed by atoms with van der Waals surface area (Å²) in [5, 5.41) is 0.742. The molecule has 3 aromatic rings. The summed E-state index contributed by atoms with van der Waals surface area (Å²) < 4.78 is 0. The smallest absolute Gasteiger partial charge is 0.246 e. The molecule has 1 amide bonds. The van der Waals surface area contributed by atoms with Crippen LogP contribution in [0.25, 0.3) is 6.08 Å². The van der Waals surface area contributed by atoms with Gasteiger partial charge in [-0.1, -0.05) is 84.4 Å². The normalized spacial score (nSPS) is 16.0. The first-order chi connectivity index (χ1) is 14.7. The number of carbonyl (C=O) groups is 1. The van der Waals surface area contributed by atoms with Gasteiger partial charge in [0.1, 0.15) is 0 Å². The van der Waals surface area contributed by atoms with Crippen LogP contribution in [0.1, 0.15) is 22.7 Å². The molecule has 0 radical (unpaired) electrons. The first-order valence-electron chi connectivity index (χ1n) is 10.3. The van der Waals surface area contributed by atoms with E-state index in [2.05, 4.69) is 41.3 Å². The maximum absolute atomic E-state index is 12.6. The van der Waals surface area contributed by atoms with Gasteiger partial charge in [-0.05, 0) is 34.9 Å². The molecule has 3 nitrogen and oxygen atoms in total. The molecule has 1 aliphatic rings. The van der Waals surface area contributed by atoms with Crippen molar-refractivity contribution in [2.45, 2.75) is 6.04 Å². The number of hydrogen-bond donors (Lipinski definition) is 0. The molecule has 3 aromatic carbocycles. The summed E-state index contributed by atoms with van der Waals surface area (Å²) in [6, 6.07) is 28.7. The Balaban J connectivity index is 1.45. The zero-order chi connectivity index (χ0) is 20.8. The largest absolute Gasteiger partial charge is 0.337 e. The molecule has 0 bridgehead atoms. The van der Waals surface area contributed by atoms with E-state index >= 15 is 0 Å². The van der Waals surface area contributed by atoms with E-state index in [9.17, 15) is 4.79 Å². The van der Waals surface area contributed by atoms with E-state index in [4.69, 9.17) is 11.6 Å². The lowest BCUT2D eigenvalue weighted by molar-refractivity contribution is -0.127. The Labute approximate surface area is 183 Å². The van der Waals surface area contributed by atoms with Crippen molar-refractivity contribution >= 4 is 23.6 Å². The van der Waals surface area contributed by atoms with Crippen LogP contribution < -0.4 is 0 Å². The number of halogens is 1. The van der Waals surface area contributed by atoms with Crippen LogP contribution in [0.2, 0.25) is 5.02 Å². The fraction of sp³-hybridized carbons (Fsp3) is 0.192. The van der Waals surface area contributed by atoms with Gasteiger partial charge in [0.25, 0.3) is 0 Å². The van der Waals surface area contributed by atoms with E-state index in [1.54, 1.807) is 6.08 Å². The standard InChI is InChI=1S/C26H25ClN2O/c27-24-14-12-23(13-15-24)26(22-9-5-2-6-10-22)29-19-17-28(18-20-29)25(30)16-11-21-7-3-1-4-8-21/h1-16,26H,17-20H2/b16-11+. The van der Waals surface area contributed by atoms with Crippen LogP contribution in [0.15, 0.2) is 91.0 Å². The van der Waals surface area contributed by atoms with E-state index in [0.717, 1.165) is 36.8 Å². The number of piperazine rings is 1. The number of rotatable bonds is 5. The predicted molar refractivity (Wildman–Crippen MR) is 123 cm³/mol. The van der Waals surface area contributed by atoms with E-state index in [-0.39, 0.29) is 11.9 Å². The lowest BCUT2D eigenvalue weighted by atomic mass is 9.96. The monoisotopic (exact) mass is 416 g/mol. The van der Waals surface area contributed by atoms with Crippen molar-refractivity contribution in [3.05, 3.63) is 113 Å². The summed E-state index contributed by atoms with van der Waals surface area (Å²) in [5.41, 5.74) is 3.51. The second-order valence-corrected chi connectivity index (χ2v) is 7.91. The molecule has 0 aromatic heterocycles. The summed E-state index contributed by atoms with van der Waals surface area (Å²) in [6.45, 7) is 3.09. The van der Waals surface area contributed by atoms with E-state index in [1.165, 1.54) is 11.1 Å². The predicted octanol–water partition coefficient (Wildman–Crippen LogP) is 5.29. The molecule has 4 rings (SSSR count). The molecule has 1 fully saturated rings. The Bertz CT molecular complexity index is 979. The highest BCUT2D eigenvalue weighted by Crippen LogP contribution is 2.30. The highest BCUT2D eigenvalue weighted by Gasteiger charge is 2.27. The van der Waals surface area contributed by atoms with Crippen LogP contribution in [0.5, 0.6) is 0 Å². The third-order valence-electron chi connectivity index (χ3n) is 5.51. The third kappa shape index (κ3) is 4.99. The highest BCUT2D eigenvalue weighted by atomic mass is 35.5. The van der Waals surface area contributed by atoms with E-state index < -0.39 is 0 Å². The van der Waals surface area contributed by atoms with Crippen molar-refractivity contribution in [1.82, 2.24) is 9.80 Å². The van der Waals surface area contributed by atoms with Crippen molar-refractivity contribution < 1.29 is 4.79 Å². The minimum Gasteiger partial charge on any atom is -0.337 e. The van der Waals surface area contributed by atoms with Crippen molar-refractivity contribution in [3.8, 4) is 0 Å². The Kier molecular flexibility index (Phi) is 6.63. The summed E-state index contributed by atoms with van der Waals surface area (Å²) in [7, 11) is 0. The molecule has 1 heterocycles. The Morgan fingerprint density at radius 1 is 0.767 bits per heavy atom. The van der Waals surface area contributed by atoms with Gasteiger partial charge in [-0.15, -0.1) is 0 Å². The number of hydrogen-bond acceptors (Lipinski definition) is 2. The van der Waals surface area contributed by atoms with Gasteiger partial charge in [-0.3, -0.25) is 9.69 Å². The first-order valence-corrected chi connectivity index (χ1v) is 10.6. The average molecular weight is 417 g/mol. The quantitative estimate of drug-likeness (QED) is 0.528. The Morgan fingerprint density at radius 2 is 1.33 bits per heavy atom. The van der Waals surface area contributed by atoms with Gasteiger partial charge in [0.15, 0.2) is 0 Å². The second-order valence-electron chi connectivity index (χ2n) is 7.47. The van der Waals surface area contributed by atoms with Crippen molar-refractivity contribution in [2.24, 2.45) is 0 Å². The van der Waals surface area contributed by atoms with Crippen molar-refractivity contribution in [3.63, 3.8) is 0 Å². The summed E-state index contributed by atoms with van der Waals surface area (Å²) >= 11 is 6.11. The second kappa shape index (κ2) is 9.75. The van der Waals surface area contributed by atoms with Crippen molar-refractivity contribution in [2.75, 3.05) is 26.2 Å². The number of benzene rings is 3. The van der Waals surface area contributed by atoms with Gasteiger partial charge in [0, 0.05) is 37.3 Å². The molecule has 0 saturated carbocycles. The van der Waals surface area contributed by atoms with Gasteiger partial charge < -0.3 is 4.90 Å². The summed E-state index contributed by atoms with van der Waals surface area (Å²) in [6.07, 6.45) is 3.56. The fourth-order valence-corrected chi connectivity index (χ4v) is 4.06. The van der Waals surface area contributed by atoms with Crippen LogP contribution in [-0.4, -0.2) is 41.9 Å². The summed E-state index contributed by atoms with van der Waals surface area (Å²) in [5.74, 6) is 0.0706. The van der Waals surface area contributed by atoms with Gasteiger partial charge in [-0.2, -0.15) is 0 Å². The third-order valence-corrected chi connectivity index (χ3v) is 5.76. The molecule has 0 aliphatic carbocycles. The van der Waals surface area contributed by atoms with E-state index in [0.29, 0.717) is 0 Å². The minimum absolute atomic E-state index is 0.0706. The first kappa shape index (κ1) is 20.4.